The fraction of sp³-hybridized carbons (Fsp3) is 0.214. The molecule has 3 aromatic rings. The Morgan fingerprint density at radius 1 is 0.757 bits per heavy atom. The number of para-hydroxylation sites is 1. The van der Waals surface area contributed by atoms with Crippen LogP contribution in [0.5, 0.6) is 5.75 Å². The summed E-state index contributed by atoms with van der Waals surface area (Å²) in [5, 5.41) is 12.4. The van der Waals surface area contributed by atoms with Gasteiger partial charge in [-0.25, -0.2) is 14.4 Å². The Hall–Kier alpha value is -4.66. The number of carboxylic acid groups (broad SMARTS) is 1. The fourth-order valence-corrected chi connectivity index (χ4v) is 3.37. The molecule has 1 amide bonds. The van der Waals surface area contributed by atoms with Gasteiger partial charge in [0, 0.05) is 12.1 Å². The van der Waals surface area contributed by atoms with E-state index in [0.717, 1.165) is 11.1 Å². The molecule has 3 aromatic carbocycles. The van der Waals surface area contributed by atoms with Crippen LogP contribution in [0.4, 0.5) is 0 Å². The van der Waals surface area contributed by atoms with Gasteiger partial charge in [-0.1, -0.05) is 53.6 Å². The second-order valence-corrected chi connectivity index (χ2v) is 8.25. The second-order valence-electron chi connectivity index (χ2n) is 8.25. The Morgan fingerprint density at radius 3 is 1.73 bits per heavy atom. The minimum atomic E-state index is -2.11. The van der Waals surface area contributed by atoms with E-state index >= 15 is 0 Å². The zero-order chi connectivity index (χ0) is 26.9. The first-order valence-electron chi connectivity index (χ1n) is 11.4. The standard InChI is InChI=1S/C28H27NO8/c1-17-8-12-19(13-9-17)27(33)36-23(25(30)29-16-21-6-4-5-7-22(21)35-3)24(26(31)32)37-28(34)20-14-10-18(2)11-15-20/h4-15,23-24H,16H2,1-3H3,(H,29,30)(H,31,32)/t23-,24+/m0/s1. The Bertz CT molecular complexity index is 1270. The van der Waals surface area contributed by atoms with Crippen molar-refractivity contribution in [2.75, 3.05) is 7.11 Å². The molecule has 0 bridgehead atoms. The van der Waals surface area contributed by atoms with E-state index in [2.05, 4.69) is 5.32 Å². The number of carboxylic acids is 1. The van der Waals surface area contributed by atoms with Gasteiger partial charge in [-0.2, -0.15) is 0 Å². The summed E-state index contributed by atoms with van der Waals surface area (Å²) in [7, 11) is 1.47. The molecule has 0 heterocycles. The van der Waals surface area contributed by atoms with Crippen LogP contribution in [0.2, 0.25) is 0 Å². The molecular formula is C28H27NO8. The number of esters is 2. The number of methoxy groups -OCH3 is 1. The van der Waals surface area contributed by atoms with Crippen LogP contribution in [0.1, 0.15) is 37.4 Å². The molecule has 0 aliphatic carbocycles. The lowest BCUT2D eigenvalue weighted by Crippen LogP contribution is -2.50. The van der Waals surface area contributed by atoms with Crippen molar-refractivity contribution in [3.8, 4) is 5.75 Å². The first-order chi connectivity index (χ1) is 17.7. The summed E-state index contributed by atoms with van der Waals surface area (Å²) in [4.78, 5) is 50.8. The summed E-state index contributed by atoms with van der Waals surface area (Å²) in [5.74, 6) is -4.06. The van der Waals surface area contributed by atoms with Crippen LogP contribution in [0, 0.1) is 13.8 Å². The Morgan fingerprint density at radius 2 is 1.24 bits per heavy atom. The number of aryl methyl sites for hydroxylation is 2. The average molecular weight is 506 g/mol. The number of benzene rings is 3. The van der Waals surface area contributed by atoms with Crippen LogP contribution in [0.25, 0.3) is 0 Å². The highest BCUT2D eigenvalue weighted by Crippen LogP contribution is 2.18. The fourth-order valence-electron chi connectivity index (χ4n) is 3.37. The number of rotatable bonds is 10. The number of hydrogen-bond acceptors (Lipinski definition) is 7. The smallest absolute Gasteiger partial charge is 0.349 e. The predicted octanol–water partition coefficient (Wildman–Crippen LogP) is 3.46. The van der Waals surface area contributed by atoms with Gasteiger partial charge in [0.2, 0.25) is 12.2 Å². The summed E-state index contributed by atoms with van der Waals surface area (Å²) in [6.07, 6.45) is -4.09. The Balaban J connectivity index is 1.87. The minimum absolute atomic E-state index is 0.0559. The zero-order valence-corrected chi connectivity index (χ0v) is 20.6. The number of nitrogens with one attached hydrogen (secondary N) is 1. The molecule has 37 heavy (non-hydrogen) atoms. The zero-order valence-electron chi connectivity index (χ0n) is 20.6. The maximum Gasteiger partial charge on any atom is 0.349 e. The van der Waals surface area contributed by atoms with E-state index in [9.17, 15) is 24.3 Å². The van der Waals surface area contributed by atoms with Crippen LogP contribution in [0.15, 0.2) is 72.8 Å². The van der Waals surface area contributed by atoms with Crippen molar-refractivity contribution in [1.82, 2.24) is 5.32 Å². The highest BCUT2D eigenvalue weighted by molar-refractivity contribution is 5.96. The maximum absolute atomic E-state index is 13.2. The Labute approximate surface area is 214 Å². The molecule has 9 nitrogen and oxygen atoms in total. The van der Waals surface area contributed by atoms with E-state index in [1.54, 1.807) is 48.5 Å². The van der Waals surface area contributed by atoms with Crippen molar-refractivity contribution in [2.45, 2.75) is 32.6 Å². The average Bonchev–Trinajstić information content (AvgIpc) is 2.89. The van der Waals surface area contributed by atoms with Crippen molar-refractivity contribution in [2.24, 2.45) is 0 Å². The largest absolute Gasteiger partial charge is 0.496 e. The highest BCUT2D eigenvalue weighted by atomic mass is 16.6. The molecule has 9 heteroatoms. The van der Waals surface area contributed by atoms with Crippen LogP contribution < -0.4 is 10.1 Å². The lowest BCUT2D eigenvalue weighted by Gasteiger charge is -2.24. The van der Waals surface area contributed by atoms with Crippen LogP contribution >= 0.6 is 0 Å². The molecule has 0 saturated heterocycles. The second kappa shape index (κ2) is 12.3. The molecular weight excluding hydrogens is 478 g/mol. The van der Waals surface area contributed by atoms with Crippen molar-refractivity contribution < 1.29 is 38.5 Å². The lowest BCUT2D eigenvalue weighted by atomic mass is 10.1. The lowest BCUT2D eigenvalue weighted by molar-refractivity contribution is -0.159. The summed E-state index contributed by atoms with van der Waals surface area (Å²) < 4.78 is 15.8. The molecule has 0 saturated carbocycles. The Kier molecular flexibility index (Phi) is 8.99. The van der Waals surface area contributed by atoms with Crippen molar-refractivity contribution in [3.63, 3.8) is 0 Å². The molecule has 0 spiro atoms. The predicted molar refractivity (Wildman–Crippen MR) is 133 cm³/mol. The third kappa shape index (κ3) is 7.17. The van der Waals surface area contributed by atoms with E-state index < -0.39 is 36.0 Å². The van der Waals surface area contributed by atoms with Crippen molar-refractivity contribution >= 4 is 23.8 Å². The molecule has 0 fully saturated rings. The number of aliphatic carboxylic acids is 1. The molecule has 3 rings (SSSR count). The quantitative estimate of drug-likeness (QED) is 0.401. The first kappa shape index (κ1) is 26.9. The molecule has 0 aliphatic rings. The summed E-state index contributed by atoms with van der Waals surface area (Å²) in [5.41, 5.74) is 2.55. The third-order valence-electron chi connectivity index (χ3n) is 5.46. The SMILES string of the molecule is COc1ccccc1CNC(=O)[C@@H](OC(=O)c1ccc(C)cc1)[C@@H](OC(=O)c1ccc(C)cc1)C(=O)O. The first-order valence-corrected chi connectivity index (χ1v) is 11.4. The number of carbonyl (C=O) groups excluding carboxylic acids is 3. The van der Waals surface area contributed by atoms with Gasteiger partial charge in [0.1, 0.15) is 5.75 Å². The molecule has 0 unspecified atom stereocenters. The molecule has 2 N–H and O–H groups in total. The molecule has 0 aliphatic heterocycles. The molecule has 0 radical (unpaired) electrons. The van der Waals surface area contributed by atoms with Crippen molar-refractivity contribution in [1.29, 1.82) is 0 Å². The van der Waals surface area contributed by atoms with E-state index in [4.69, 9.17) is 14.2 Å². The van der Waals surface area contributed by atoms with Crippen LogP contribution in [-0.4, -0.2) is 48.2 Å². The van der Waals surface area contributed by atoms with Gasteiger partial charge in [-0.05, 0) is 44.2 Å². The van der Waals surface area contributed by atoms with Gasteiger partial charge < -0.3 is 24.6 Å². The highest BCUT2D eigenvalue weighted by Gasteiger charge is 2.41. The monoisotopic (exact) mass is 505 g/mol. The number of amides is 1. The van der Waals surface area contributed by atoms with E-state index in [1.165, 1.54) is 31.4 Å². The van der Waals surface area contributed by atoms with Crippen LogP contribution in [-0.2, 0) is 25.6 Å². The molecule has 192 valence electrons. The van der Waals surface area contributed by atoms with Gasteiger partial charge in [0.05, 0.1) is 18.2 Å². The summed E-state index contributed by atoms with van der Waals surface area (Å²) in [6, 6.07) is 19.4. The summed E-state index contributed by atoms with van der Waals surface area (Å²) >= 11 is 0. The number of ether oxygens (including phenoxy) is 3. The minimum Gasteiger partial charge on any atom is -0.496 e. The van der Waals surface area contributed by atoms with Gasteiger partial charge in [-0.15, -0.1) is 0 Å². The third-order valence-corrected chi connectivity index (χ3v) is 5.46. The topological polar surface area (TPSA) is 128 Å². The van der Waals surface area contributed by atoms with Gasteiger partial charge >= 0.3 is 17.9 Å². The van der Waals surface area contributed by atoms with E-state index in [0.29, 0.717) is 11.3 Å². The van der Waals surface area contributed by atoms with Gasteiger partial charge in [-0.3, -0.25) is 4.79 Å². The van der Waals surface area contributed by atoms with E-state index in [-0.39, 0.29) is 17.7 Å². The molecule has 2 atom stereocenters. The number of carbonyl (C=O) groups is 4. The van der Waals surface area contributed by atoms with Crippen molar-refractivity contribution in [3.05, 3.63) is 101 Å². The molecule has 0 aromatic heterocycles. The maximum atomic E-state index is 13.2. The number of hydrogen-bond donors (Lipinski definition) is 2. The van der Waals surface area contributed by atoms with Crippen LogP contribution in [0.3, 0.4) is 0 Å². The summed E-state index contributed by atoms with van der Waals surface area (Å²) in [6.45, 7) is 3.59. The van der Waals surface area contributed by atoms with Gasteiger partial charge in [0.15, 0.2) is 0 Å². The van der Waals surface area contributed by atoms with Gasteiger partial charge in [0.25, 0.3) is 5.91 Å². The normalized spacial score (nSPS) is 12.1. The van der Waals surface area contributed by atoms with E-state index in [1.807, 2.05) is 13.8 Å².